The molecule has 1 fully saturated rings. The first kappa shape index (κ1) is 13.9. The Morgan fingerprint density at radius 3 is 2.78 bits per heavy atom. The number of piperidine rings is 1. The lowest BCUT2D eigenvalue weighted by Gasteiger charge is -2.33. The third-order valence-electron chi connectivity index (χ3n) is 4.39. The van der Waals surface area contributed by atoms with E-state index in [9.17, 15) is 4.79 Å². The van der Waals surface area contributed by atoms with E-state index in [4.69, 9.17) is 0 Å². The Balaban J connectivity index is 1.60. The number of nitrogens with zero attached hydrogens (tertiary/aromatic N) is 5. The maximum Gasteiger partial charge on any atom is 0.253 e. The highest BCUT2D eigenvalue weighted by atomic mass is 16.2. The number of pyridine rings is 1. The van der Waals surface area contributed by atoms with Crippen LogP contribution in [0.1, 0.15) is 34.8 Å². The van der Waals surface area contributed by atoms with Crippen molar-refractivity contribution in [2.75, 3.05) is 13.1 Å². The molecule has 3 aromatic heterocycles. The zero-order valence-electron chi connectivity index (χ0n) is 12.7. The molecular formula is C17H17N5O. The monoisotopic (exact) mass is 307 g/mol. The van der Waals surface area contributed by atoms with Gasteiger partial charge in [-0.25, -0.2) is 9.97 Å². The van der Waals surface area contributed by atoms with E-state index in [1.807, 2.05) is 21.6 Å². The second kappa shape index (κ2) is 5.79. The maximum atomic E-state index is 12.7. The normalized spacial score (nSPS) is 18.3. The summed E-state index contributed by atoms with van der Waals surface area (Å²) < 4.78 is 2.02. The first-order chi connectivity index (χ1) is 11.3. The van der Waals surface area contributed by atoms with E-state index < -0.39 is 0 Å². The third kappa shape index (κ3) is 2.56. The first-order valence-corrected chi connectivity index (χ1v) is 7.80. The Morgan fingerprint density at radius 1 is 1.09 bits per heavy atom. The van der Waals surface area contributed by atoms with Crippen LogP contribution in [-0.2, 0) is 0 Å². The predicted molar refractivity (Wildman–Crippen MR) is 85.1 cm³/mol. The molecular weight excluding hydrogens is 290 g/mol. The molecule has 1 atom stereocenters. The average Bonchev–Trinajstić information content (AvgIpc) is 3.10. The van der Waals surface area contributed by atoms with Gasteiger partial charge in [-0.2, -0.15) is 0 Å². The quantitative estimate of drug-likeness (QED) is 0.727. The second-order valence-corrected chi connectivity index (χ2v) is 5.79. The van der Waals surface area contributed by atoms with E-state index in [0.29, 0.717) is 17.3 Å². The van der Waals surface area contributed by atoms with E-state index in [1.165, 1.54) is 5.69 Å². The zero-order chi connectivity index (χ0) is 15.6. The summed E-state index contributed by atoms with van der Waals surface area (Å²) in [6, 6.07) is 5.57. The first-order valence-electron chi connectivity index (χ1n) is 7.80. The number of likely N-dealkylation sites (tertiary alicyclic amines) is 1. The summed E-state index contributed by atoms with van der Waals surface area (Å²) in [4.78, 5) is 27.1. The van der Waals surface area contributed by atoms with Gasteiger partial charge in [-0.3, -0.25) is 14.2 Å². The zero-order valence-corrected chi connectivity index (χ0v) is 12.7. The van der Waals surface area contributed by atoms with Crippen molar-refractivity contribution in [3.05, 3.63) is 60.4 Å². The molecule has 6 nitrogen and oxygen atoms in total. The molecule has 1 aliphatic heterocycles. The SMILES string of the molecule is O=C(c1ccncc1)N1CCCC(c2ccnc3nccn23)C1. The third-order valence-corrected chi connectivity index (χ3v) is 4.39. The van der Waals surface area contributed by atoms with Gasteiger partial charge in [0, 0.05) is 61.2 Å². The van der Waals surface area contributed by atoms with Crippen LogP contribution in [0.5, 0.6) is 0 Å². The molecule has 0 N–H and O–H groups in total. The molecule has 0 radical (unpaired) electrons. The lowest BCUT2D eigenvalue weighted by atomic mass is 9.94. The van der Waals surface area contributed by atoms with Crippen molar-refractivity contribution in [3.8, 4) is 0 Å². The standard InChI is InChI=1S/C17H17N5O/c23-16(13-3-6-18-7-4-13)21-10-1-2-14(12-21)15-5-8-19-17-20-9-11-22(15)17/h3-9,11,14H,1-2,10,12H2. The number of carbonyl (C=O) groups excluding carboxylic acids is 1. The van der Waals surface area contributed by atoms with Gasteiger partial charge < -0.3 is 4.90 Å². The van der Waals surface area contributed by atoms with Crippen molar-refractivity contribution in [2.24, 2.45) is 0 Å². The number of aromatic nitrogens is 4. The van der Waals surface area contributed by atoms with Crippen LogP contribution in [0.25, 0.3) is 5.78 Å². The van der Waals surface area contributed by atoms with Crippen molar-refractivity contribution in [3.63, 3.8) is 0 Å². The van der Waals surface area contributed by atoms with Crippen LogP contribution in [0.15, 0.2) is 49.2 Å². The summed E-state index contributed by atoms with van der Waals surface area (Å²) in [5.74, 6) is 1.09. The Kier molecular flexibility index (Phi) is 3.49. The molecule has 0 saturated carbocycles. The molecule has 1 amide bonds. The van der Waals surface area contributed by atoms with E-state index >= 15 is 0 Å². The minimum absolute atomic E-state index is 0.0769. The molecule has 116 valence electrons. The summed E-state index contributed by atoms with van der Waals surface area (Å²) in [5, 5.41) is 0. The topological polar surface area (TPSA) is 63.4 Å². The summed E-state index contributed by atoms with van der Waals surface area (Å²) in [6.07, 6.45) is 10.9. The molecule has 0 bridgehead atoms. The van der Waals surface area contributed by atoms with Crippen LogP contribution in [0, 0.1) is 0 Å². The van der Waals surface area contributed by atoms with E-state index in [0.717, 1.165) is 25.9 Å². The molecule has 1 saturated heterocycles. The smallest absolute Gasteiger partial charge is 0.253 e. The largest absolute Gasteiger partial charge is 0.338 e. The van der Waals surface area contributed by atoms with E-state index in [2.05, 4.69) is 15.0 Å². The lowest BCUT2D eigenvalue weighted by molar-refractivity contribution is 0.0705. The van der Waals surface area contributed by atoms with Crippen LogP contribution in [0.2, 0.25) is 0 Å². The van der Waals surface area contributed by atoms with Gasteiger partial charge in [0.15, 0.2) is 0 Å². The highest BCUT2D eigenvalue weighted by Gasteiger charge is 2.26. The second-order valence-electron chi connectivity index (χ2n) is 5.79. The van der Waals surface area contributed by atoms with Gasteiger partial charge in [0.25, 0.3) is 5.91 Å². The molecule has 3 aromatic rings. The lowest BCUT2D eigenvalue weighted by Crippen LogP contribution is -2.39. The molecule has 6 heteroatoms. The number of fused-ring (bicyclic) bond motifs is 1. The van der Waals surface area contributed by atoms with Crippen LogP contribution in [0.3, 0.4) is 0 Å². The molecule has 1 aliphatic rings. The molecule has 4 heterocycles. The number of carbonyl (C=O) groups is 1. The van der Waals surface area contributed by atoms with Crippen molar-refractivity contribution in [1.82, 2.24) is 24.3 Å². The van der Waals surface area contributed by atoms with Crippen molar-refractivity contribution in [1.29, 1.82) is 0 Å². The molecule has 4 rings (SSSR count). The van der Waals surface area contributed by atoms with Gasteiger partial charge in [0.1, 0.15) is 0 Å². The Hall–Kier alpha value is -2.76. The van der Waals surface area contributed by atoms with Crippen LogP contribution < -0.4 is 0 Å². The molecule has 23 heavy (non-hydrogen) atoms. The molecule has 0 aromatic carbocycles. The number of imidazole rings is 1. The van der Waals surface area contributed by atoms with Crippen LogP contribution in [0.4, 0.5) is 0 Å². The number of rotatable bonds is 2. The number of amides is 1. The Labute approximate surface area is 133 Å². The Morgan fingerprint density at radius 2 is 1.91 bits per heavy atom. The van der Waals surface area contributed by atoms with Gasteiger partial charge >= 0.3 is 0 Å². The summed E-state index contributed by atoms with van der Waals surface area (Å²) in [5.41, 5.74) is 1.86. The molecule has 0 aliphatic carbocycles. The fourth-order valence-electron chi connectivity index (χ4n) is 3.27. The fourth-order valence-corrected chi connectivity index (χ4v) is 3.27. The van der Waals surface area contributed by atoms with Gasteiger partial charge in [0.05, 0.1) is 0 Å². The van der Waals surface area contributed by atoms with Gasteiger partial charge in [-0.05, 0) is 31.0 Å². The highest BCUT2D eigenvalue weighted by Crippen LogP contribution is 2.27. The number of hydrogen-bond acceptors (Lipinski definition) is 4. The summed E-state index contributed by atoms with van der Waals surface area (Å²) >= 11 is 0. The minimum atomic E-state index is 0.0769. The van der Waals surface area contributed by atoms with Gasteiger partial charge in [0.2, 0.25) is 5.78 Å². The minimum Gasteiger partial charge on any atom is -0.338 e. The summed E-state index contributed by atoms with van der Waals surface area (Å²) in [6.45, 7) is 1.52. The van der Waals surface area contributed by atoms with Gasteiger partial charge in [-0.1, -0.05) is 0 Å². The fraction of sp³-hybridized carbons (Fsp3) is 0.294. The summed E-state index contributed by atoms with van der Waals surface area (Å²) in [7, 11) is 0. The number of hydrogen-bond donors (Lipinski definition) is 0. The van der Waals surface area contributed by atoms with Crippen molar-refractivity contribution in [2.45, 2.75) is 18.8 Å². The molecule has 0 spiro atoms. The van der Waals surface area contributed by atoms with Crippen molar-refractivity contribution >= 4 is 11.7 Å². The Bertz CT molecular complexity index is 829. The highest BCUT2D eigenvalue weighted by molar-refractivity contribution is 5.94. The van der Waals surface area contributed by atoms with Gasteiger partial charge in [-0.15, -0.1) is 0 Å². The average molecular weight is 307 g/mol. The molecule has 1 unspecified atom stereocenters. The van der Waals surface area contributed by atoms with E-state index in [1.54, 1.807) is 36.9 Å². The predicted octanol–water partition coefficient (Wildman–Crippen LogP) is 2.14. The van der Waals surface area contributed by atoms with E-state index in [-0.39, 0.29) is 5.91 Å². The van der Waals surface area contributed by atoms with Crippen LogP contribution in [-0.4, -0.2) is 43.2 Å². The maximum absolute atomic E-state index is 12.7. The van der Waals surface area contributed by atoms with Crippen LogP contribution >= 0.6 is 0 Å². The van der Waals surface area contributed by atoms with Crippen molar-refractivity contribution < 1.29 is 4.79 Å².